The van der Waals surface area contributed by atoms with E-state index >= 15 is 0 Å². The third-order valence-electron chi connectivity index (χ3n) is 3.51. The van der Waals surface area contributed by atoms with Crippen molar-refractivity contribution < 1.29 is 4.79 Å². The number of pyridine rings is 1. The van der Waals surface area contributed by atoms with Crippen LogP contribution in [-0.4, -0.2) is 54.2 Å². The van der Waals surface area contributed by atoms with Crippen molar-refractivity contribution in [3.63, 3.8) is 0 Å². The predicted molar refractivity (Wildman–Crippen MR) is 96.1 cm³/mol. The van der Waals surface area contributed by atoms with Crippen molar-refractivity contribution in [2.45, 2.75) is 0 Å². The van der Waals surface area contributed by atoms with Crippen molar-refractivity contribution in [3.05, 3.63) is 17.8 Å². The number of nitrogens with one attached hydrogen (secondary N) is 1. The van der Waals surface area contributed by atoms with Gasteiger partial charge in [0, 0.05) is 28.8 Å². The minimum Gasteiger partial charge on any atom is -0.368 e. The molecule has 9 nitrogen and oxygen atoms in total. The standard InChI is InChI=1S/C11H13B3N8O/c12-7-6-4(22(14)21-8(6)13)1-5(18-7)19-10-3(9(15)23)2-17-11(16)20-10/h1-2H,12-14H2,(H2,15,23)(H3,16,17,18,19,20). The van der Waals surface area contributed by atoms with Crippen molar-refractivity contribution in [2.24, 2.45) is 5.73 Å². The quantitative estimate of drug-likeness (QED) is 0.415. The molecule has 0 aliphatic carbocycles. The fourth-order valence-corrected chi connectivity index (χ4v) is 2.54. The van der Waals surface area contributed by atoms with Crippen LogP contribution in [0.3, 0.4) is 0 Å². The number of aromatic nitrogens is 5. The first-order valence-corrected chi connectivity index (χ1v) is 6.87. The lowest BCUT2D eigenvalue weighted by Gasteiger charge is -2.10. The molecular formula is C11H13B3N8O. The van der Waals surface area contributed by atoms with Crippen LogP contribution in [0.2, 0.25) is 0 Å². The normalized spacial score (nSPS) is 10.8. The van der Waals surface area contributed by atoms with Gasteiger partial charge in [-0.05, 0) is 0 Å². The Morgan fingerprint density at radius 3 is 2.70 bits per heavy atom. The summed E-state index contributed by atoms with van der Waals surface area (Å²) in [5.41, 5.74) is 13.7. The number of carbonyl (C=O) groups excluding carboxylic acids is 1. The summed E-state index contributed by atoms with van der Waals surface area (Å²) in [5, 5.41) is 8.36. The van der Waals surface area contributed by atoms with E-state index in [1.807, 2.05) is 29.7 Å². The molecule has 3 heterocycles. The molecule has 1 amide bonds. The van der Waals surface area contributed by atoms with E-state index in [1.54, 1.807) is 4.59 Å². The van der Waals surface area contributed by atoms with Gasteiger partial charge in [0.25, 0.3) is 5.91 Å². The molecule has 5 N–H and O–H groups in total. The molecule has 0 spiro atoms. The lowest BCUT2D eigenvalue weighted by molar-refractivity contribution is 0.100. The van der Waals surface area contributed by atoms with Crippen molar-refractivity contribution >= 4 is 69.3 Å². The van der Waals surface area contributed by atoms with E-state index in [1.165, 1.54) is 6.20 Å². The molecule has 0 aliphatic rings. The number of primary amides is 1. The maximum Gasteiger partial charge on any atom is 0.254 e. The summed E-state index contributed by atoms with van der Waals surface area (Å²) in [6.45, 7) is 0. The first-order valence-electron chi connectivity index (χ1n) is 6.87. The molecule has 0 aromatic carbocycles. The average Bonchev–Trinajstić information content (AvgIpc) is 2.73. The van der Waals surface area contributed by atoms with Gasteiger partial charge in [0.15, 0.2) is 15.7 Å². The number of nitrogen functional groups attached to an aromatic ring is 1. The first kappa shape index (κ1) is 14.9. The van der Waals surface area contributed by atoms with Gasteiger partial charge < -0.3 is 21.4 Å². The molecular weight excluding hydrogens is 293 g/mol. The summed E-state index contributed by atoms with van der Waals surface area (Å²) in [6, 6.07) is 1.82. The maximum absolute atomic E-state index is 11.5. The molecule has 0 fully saturated rings. The molecule has 3 rings (SSSR count). The third kappa shape index (κ3) is 2.58. The fraction of sp³-hybridized carbons (Fsp3) is 0. The van der Waals surface area contributed by atoms with E-state index in [-0.39, 0.29) is 17.3 Å². The van der Waals surface area contributed by atoms with Gasteiger partial charge in [-0.25, -0.2) is 15.1 Å². The molecule has 0 saturated heterocycles. The van der Waals surface area contributed by atoms with Crippen LogP contribution in [0.1, 0.15) is 10.4 Å². The number of nitrogens with zero attached hydrogens (tertiary/aromatic N) is 5. The fourth-order valence-electron chi connectivity index (χ4n) is 2.54. The zero-order valence-corrected chi connectivity index (χ0v) is 13.0. The molecule has 0 aliphatic heterocycles. The van der Waals surface area contributed by atoms with Crippen LogP contribution in [0.15, 0.2) is 12.3 Å². The van der Waals surface area contributed by atoms with E-state index < -0.39 is 5.91 Å². The van der Waals surface area contributed by atoms with Gasteiger partial charge >= 0.3 is 0 Å². The van der Waals surface area contributed by atoms with E-state index in [9.17, 15) is 4.79 Å². The first-order chi connectivity index (χ1) is 10.9. The zero-order chi connectivity index (χ0) is 16.7. The average molecular weight is 306 g/mol. The number of rotatable bonds is 3. The smallest absolute Gasteiger partial charge is 0.254 e. The highest BCUT2D eigenvalue weighted by Crippen LogP contribution is 2.19. The molecule has 0 bridgehead atoms. The molecule has 3 aromatic heterocycles. The maximum atomic E-state index is 11.5. The van der Waals surface area contributed by atoms with Gasteiger partial charge in [-0.3, -0.25) is 4.79 Å². The summed E-state index contributed by atoms with van der Waals surface area (Å²) in [6.07, 6.45) is 1.28. The summed E-state index contributed by atoms with van der Waals surface area (Å²) < 4.78 is 1.77. The lowest BCUT2D eigenvalue weighted by Crippen LogP contribution is -2.19. The number of carbonyl (C=O) groups is 1. The second-order valence-electron chi connectivity index (χ2n) is 5.18. The van der Waals surface area contributed by atoms with E-state index in [4.69, 9.17) is 11.5 Å². The van der Waals surface area contributed by atoms with Crippen LogP contribution in [0.4, 0.5) is 17.6 Å². The Balaban J connectivity index is 2.11. The Morgan fingerprint density at radius 1 is 1.26 bits per heavy atom. The van der Waals surface area contributed by atoms with Gasteiger partial charge in [0.2, 0.25) is 13.9 Å². The van der Waals surface area contributed by atoms with Crippen LogP contribution >= 0.6 is 0 Å². The van der Waals surface area contributed by atoms with Crippen LogP contribution in [0.5, 0.6) is 0 Å². The minimum atomic E-state index is -0.651. The molecule has 23 heavy (non-hydrogen) atoms. The highest BCUT2D eigenvalue weighted by atomic mass is 16.1. The zero-order valence-electron chi connectivity index (χ0n) is 13.0. The van der Waals surface area contributed by atoms with Crippen molar-refractivity contribution in [1.82, 2.24) is 24.6 Å². The van der Waals surface area contributed by atoms with E-state index in [0.29, 0.717) is 5.82 Å². The van der Waals surface area contributed by atoms with Gasteiger partial charge in [-0.1, -0.05) is 0 Å². The predicted octanol–water partition coefficient (Wildman–Crippen LogP) is -4.44. The number of hydrogen-bond donors (Lipinski definition) is 3. The third-order valence-corrected chi connectivity index (χ3v) is 3.51. The molecule has 112 valence electrons. The Hall–Kier alpha value is -3.04. The molecule has 12 heteroatoms. The van der Waals surface area contributed by atoms with Crippen molar-refractivity contribution in [3.8, 4) is 0 Å². The largest absolute Gasteiger partial charge is 0.368 e. The second kappa shape index (κ2) is 5.31. The monoisotopic (exact) mass is 306 g/mol. The van der Waals surface area contributed by atoms with E-state index in [2.05, 4.69) is 25.4 Å². The Labute approximate surface area is 134 Å². The number of nitrogens with two attached hydrogens (primary N) is 2. The van der Waals surface area contributed by atoms with Crippen LogP contribution in [0, 0.1) is 0 Å². The summed E-state index contributed by atoms with van der Waals surface area (Å²) in [4.78, 5) is 23.8. The molecule has 0 radical (unpaired) electrons. The Morgan fingerprint density at radius 2 is 2.00 bits per heavy atom. The topological polar surface area (TPSA) is 138 Å². The van der Waals surface area contributed by atoms with Crippen molar-refractivity contribution in [2.75, 3.05) is 11.1 Å². The number of anilines is 3. The van der Waals surface area contributed by atoms with Crippen LogP contribution < -0.4 is 28.0 Å². The van der Waals surface area contributed by atoms with Gasteiger partial charge in [-0.15, -0.1) is 0 Å². The summed E-state index contributed by atoms with van der Waals surface area (Å²) >= 11 is 0. The van der Waals surface area contributed by atoms with Gasteiger partial charge in [0.05, 0.1) is 5.52 Å². The van der Waals surface area contributed by atoms with Crippen molar-refractivity contribution in [1.29, 1.82) is 0 Å². The highest BCUT2D eigenvalue weighted by Gasteiger charge is 2.14. The Bertz CT molecular complexity index is 941. The van der Waals surface area contributed by atoms with Crippen LogP contribution in [0.25, 0.3) is 10.9 Å². The van der Waals surface area contributed by atoms with Crippen LogP contribution in [-0.2, 0) is 0 Å². The summed E-state index contributed by atoms with van der Waals surface area (Å²) in [5.74, 6) is 0.113. The number of hydrogen-bond acceptors (Lipinski definition) is 7. The number of fused-ring (bicyclic) bond motifs is 1. The van der Waals surface area contributed by atoms with E-state index in [0.717, 1.165) is 22.1 Å². The molecule has 3 aromatic rings. The minimum absolute atomic E-state index is 0.0340. The molecule has 0 saturated carbocycles. The highest BCUT2D eigenvalue weighted by molar-refractivity contribution is 6.46. The molecule has 0 unspecified atom stereocenters. The SMILES string of the molecule is Bc1nc(Nc2nc(N)ncc2C(N)=O)cc2c1c(B)nn2B. The second-order valence-corrected chi connectivity index (χ2v) is 5.18. The lowest BCUT2D eigenvalue weighted by atomic mass is 9.91. The number of amides is 1. The van der Waals surface area contributed by atoms with Gasteiger partial charge in [-0.2, -0.15) is 4.98 Å². The molecule has 0 atom stereocenters. The van der Waals surface area contributed by atoms with Gasteiger partial charge in [0.1, 0.15) is 17.2 Å². The summed E-state index contributed by atoms with van der Waals surface area (Å²) in [7, 11) is 5.68. The Kier molecular flexibility index (Phi) is 3.43.